The Balaban J connectivity index is 2.04. The van der Waals surface area contributed by atoms with E-state index in [1.807, 2.05) is 44.2 Å². The SMILES string of the molecule is CC(C)[C@H](NC(=O)c1ccc(Cl)cc1Cl)C(=O)NCc1ccccc1. The molecule has 2 N–H and O–H groups in total. The quantitative estimate of drug-likeness (QED) is 0.795. The van der Waals surface area contributed by atoms with Crippen molar-refractivity contribution in [2.45, 2.75) is 26.4 Å². The van der Waals surface area contributed by atoms with Gasteiger partial charge in [0, 0.05) is 11.6 Å². The second-order valence-electron chi connectivity index (χ2n) is 6.02. The van der Waals surface area contributed by atoms with Crippen molar-refractivity contribution >= 4 is 35.0 Å². The van der Waals surface area contributed by atoms with Crippen LogP contribution in [-0.2, 0) is 11.3 Å². The van der Waals surface area contributed by atoms with Crippen LogP contribution in [0.15, 0.2) is 48.5 Å². The zero-order valence-corrected chi connectivity index (χ0v) is 15.6. The summed E-state index contributed by atoms with van der Waals surface area (Å²) in [6.45, 7) is 4.15. The van der Waals surface area contributed by atoms with Gasteiger partial charge in [0.1, 0.15) is 6.04 Å². The Morgan fingerprint density at radius 2 is 1.72 bits per heavy atom. The number of amides is 2. The first kappa shape index (κ1) is 19.3. The molecule has 0 aromatic heterocycles. The van der Waals surface area contributed by atoms with Gasteiger partial charge in [0.2, 0.25) is 5.91 Å². The molecule has 0 aliphatic carbocycles. The highest BCUT2D eigenvalue weighted by atomic mass is 35.5. The van der Waals surface area contributed by atoms with Crippen molar-refractivity contribution in [3.8, 4) is 0 Å². The summed E-state index contributed by atoms with van der Waals surface area (Å²) in [6, 6.07) is 13.5. The number of hydrogen-bond donors (Lipinski definition) is 2. The molecule has 2 aromatic rings. The van der Waals surface area contributed by atoms with E-state index >= 15 is 0 Å². The Morgan fingerprint density at radius 3 is 2.32 bits per heavy atom. The maximum absolute atomic E-state index is 12.5. The maximum Gasteiger partial charge on any atom is 0.253 e. The number of halogens is 2. The minimum Gasteiger partial charge on any atom is -0.350 e. The fourth-order valence-electron chi connectivity index (χ4n) is 2.32. The van der Waals surface area contributed by atoms with Crippen LogP contribution < -0.4 is 10.6 Å². The Labute approximate surface area is 157 Å². The second kappa shape index (κ2) is 8.88. The molecular weight excluding hydrogens is 359 g/mol. The lowest BCUT2D eigenvalue weighted by molar-refractivity contribution is -0.124. The van der Waals surface area contributed by atoms with Crippen LogP contribution in [0, 0.1) is 5.92 Å². The highest BCUT2D eigenvalue weighted by Crippen LogP contribution is 2.21. The molecule has 132 valence electrons. The lowest BCUT2D eigenvalue weighted by atomic mass is 10.0. The molecule has 0 aliphatic heterocycles. The van der Waals surface area contributed by atoms with Gasteiger partial charge in [-0.2, -0.15) is 0 Å². The van der Waals surface area contributed by atoms with E-state index in [1.165, 1.54) is 6.07 Å². The van der Waals surface area contributed by atoms with Crippen molar-refractivity contribution in [1.29, 1.82) is 0 Å². The fraction of sp³-hybridized carbons (Fsp3) is 0.263. The number of benzene rings is 2. The summed E-state index contributed by atoms with van der Waals surface area (Å²) < 4.78 is 0. The van der Waals surface area contributed by atoms with Crippen LogP contribution in [0.1, 0.15) is 29.8 Å². The minimum atomic E-state index is -0.664. The first-order valence-electron chi connectivity index (χ1n) is 7.96. The summed E-state index contributed by atoms with van der Waals surface area (Å²) >= 11 is 11.9. The van der Waals surface area contributed by atoms with Gasteiger partial charge in [-0.1, -0.05) is 67.4 Å². The molecular formula is C19H20Cl2N2O2. The first-order valence-corrected chi connectivity index (χ1v) is 8.71. The van der Waals surface area contributed by atoms with Crippen LogP contribution in [0.25, 0.3) is 0 Å². The average molecular weight is 379 g/mol. The summed E-state index contributed by atoms with van der Waals surface area (Å²) in [5, 5.41) is 6.30. The standard InChI is InChI=1S/C19H20Cl2N2O2/c1-12(2)17(19(25)22-11-13-6-4-3-5-7-13)23-18(24)15-9-8-14(20)10-16(15)21/h3-10,12,17H,11H2,1-2H3,(H,22,25)(H,23,24)/t17-/m0/s1. The third-order valence-electron chi connectivity index (χ3n) is 3.72. The normalized spacial score (nSPS) is 11.9. The molecule has 0 spiro atoms. The molecule has 0 aliphatic rings. The van der Waals surface area contributed by atoms with Crippen LogP contribution in [0.4, 0.5) is 0 Å². The maximum atomic E-state index is 12.5. The van der Waals surface area contributed by atoms with Gasteiger partial charge in [-0.05, 0) is 29.7 Å². The third-order valence-corrected chi connectivity index (χ3v) is 4.27. The molecule has 1 atom stereocenters. The topological polar surface area (TPSA) is 58.2 Å². The van der Waals surface area contributed by atoms with E-state index in [0.717, 1.165) is 5.56 Å². The van der Waals surface area contributed by atoms with Crippen LogP contribution in [0.5, 0.6) is 0 Å². The average Bonchev–Trinajstić information content (AvgIpc) is 2.58. The summed E-state index contributed by atoms with van der Waals surface area (Å²) in [5.74, 6) is -0.724. The van der Waals surface area contributed by atoms with Crippen molar-refractivity contribution in [3.63, 3.8) is 0 Å². The predicted octanol–water partition coefficient (Wildman–Crippen LogP) is 4.06. The lowest BCUT2D eigenvalue weighted by Gasteiger charge is -2.22. The first-order chi connectivity index (χ1) is 11.9. The van der Waals surface area contributed by atoms with Crippen molar-refractivity contribution in [2.75, 3.05) is 0 Å². The van der Waals surface area contributed by atoms with Gasteiger partial charge in [0.25, 0.3) is 5.91 Å². The number of nitrogens with one attached hydrogen (secondary N) is 2. The van der Waals surface area contributed by atoms with Crippen molar-refractivity contribution < 1.29 is 9.59 Å². The van der Waals surface area contributed by atoms with Crippen LogP contribution >= 0.6 is 23.2 Å². The third kappa shape index (κ3) is 5.48. The van der Waals surface area contributed by atoms with Gasteiger partial charge in [0.15, 0.2) is 0 Å². The molecule has 2 amide bonds. The molecule has 0 saturated heterocycles. The molecule has 0 radical (unpaired) electrons. The van der Waals surface area contributed by atoms with E-state index in [4.69, 9.17) is 23.2 Å². The Morgan fingerprint density at radius 1 is 1.04 bits per heavy atom. The zero-order chi connectivity index (χ0) is 18.4. The molecule has 0 bridgehead atoms. The van der Waals surface area contributed by atoms with Crippen LogP contribution in [0.2, 0.25) is 10.0 Å². The van der Waals surface area contributed by atoms with Gasteiger partial charge in [-0.15, -0.1) is 0 Å². The van der Waals surface area contributed by atoms with Gasteiger partial charge < -0.3 is 10.6 Å². The minimum absolute atomic E-state index is 0.0780. The van der Waals surface area contributed by atoms with Crippen LogP contribution in [-0.4, -0.2) is 17.9 Å². The molecule has 0 fully saturated rings. The summed E-state index contributed by atoms with van der Waals surface area (Å²) in [7, 11) is 0. The number of carbonyl (C=O) groups is 2. The number of carbonyl (C=O) groups excluding carboxylic acids is 2. The van der Waals surface area contributed by atoms with Gasteiger partial charge in [-0.25, -0.2) is 0 Å². The van der Waals surface area contributed by atoms with Crippen molar-refractivity contribution in [3.05, 3.63) is 69.7 Å². The predicted molar refractivity (Wildman–Crippen MR) is 101 cm³/mol. The Kier molecular flexibility index (Phi) is 6.85. The van der Waals surface area contributed by atoms with Gasteiger partial charge in [-0.3, -0.25) is 9.59 Å². The Bertz CT molecular complexity index is 748. The van der Waals surface area contributed by atoms with Gasteiger partial charge >= 0.3 is 0 Å². The van der Waals surface area contributed by atoms with Crippen molar-refractivity contribution in [1.82, 2.24) is 10.6 Å². The number of rotatable bonds is 6. The largest absolute Gasteiger partial charge is 0.350 e. The summed E-state index contributed by atoms with van der Waals surface area (Å²) in [6.07, 6.45) is 0. The lowest BCUT2D eigenvalue weighted by Crippen LogP contribution is -2.49. The highest BCUT2D eigenvalue weighted by molar-refractivity contribution is 6.36. The molecule has 2 aromatic carbocycles. The molecule has 0 heterocycles. The molecule has 2 rings (SSSR count). The summed E-state index contributed by atoms with van der Waals surface area (Å²) in [5.41, 5.74) is 1.28. The number of hydrogen-bond acceptors (Lipinski definition) is 2. The van der Waals surface area contributed by atoms with E-state index in [0.29, 0.717) is 11.6 Å². The van der Waals surface area contributed by atoms with E-state index in [9.17, 15) is 9.59 Å². The van der Waals surface area contributed by atoms with Crippen LogP contribution in [0.3, 0.4) is 0 Å². The molecule has 6 heteroatoms. The molecule has 25 heavy (non-hydrogen) atoms. The smallest absolute Gasteiger partial charge is 0.253 e. The van der Waals surface area contributed by atoms with Gasteiger partial charge in [0.05, 0.1) is 10.6 Å². The second-order valence-corrected chi connectivity index (χ2v) is 6.87. The summed E-state index contributed by atoms with van der Waals surface area (Å²) in [4.78, 5) is 24.9. The van der Waals surface area contributed by atoms with E-state index in [-0.39, 0.29) is 22.4 Å². The highest BCUT2D eigenvalue weighted by Gasteiger charge is 2.25. The van der Waals surface area contributed by atoms with E-state index < -0.39 is 11.9 Å². The van der Waals surface area contributed by atoms with Crippen molar-refractivity contribution in [2.24, 2.45) is 5.92 Å². The fourth-order valence-corrected chi connectivity index (χ4v) is 2.82. The monoisotopic (exact) mass is 378 g/mol. The molecule has 0 unspecified atom stereocenters. The zero-order valence-electron chi connectivity index (χ0n) is 14.1. The van der Waals surface area contributed by atoms with E-state index in [1.54, 1.807) is 12.1 Å². The van der Waals surface area contributed by atoms with E-state index in [2.05, 4.69) is 10.6 Å². The molecule has 4 nitrogen and oxygen atoms in total. The molecule has 0 saturated carbocycles. The Hall–Kier alpha value is -2.04.